The second-order valence-corrected chi connectivity index (χ2v) is 7.87. The van der Waals surface area contributed by atoms with Crippen molar-refractivity contribution in [2.24, 2.45) is 5.10 Å². The maximum Gasteiger partial charge on any atom is 0.284 e. The second kappa shape index (κ2) is 8.83. The number of benzene rings is 2. The maximum atomic E-state index is 12.3. The maximum absolute atomic E-state index is 12.3. The molecule has 0 aliphatic carbocycles. The Morgan fingerprint density at radius 2 is 1.84 bits per heavy atom. The fourth-order valence-corrected chi connectivity index (χ4v) is 2.91. The zero-order chi connectivity index (χ0) is 22.6. The van der Waals surface area contributed by atoms with Gasteiger partial charge in [-0.15, -0.1) is 0 Å². The number of furan rings is 1. The molecule has 0 aliphatic rings. The van der Waals surface area contributed by atoms with Gasteiger partial charge in [0.15, 0.2) is 0 Å². The lowest BCUT2D eigenvalue weighted by Crippen LogP contribution is -2.18. The molecule has 3 rings (SSSR count). The number of amides is 1. The van der Waals surface area contributed by atoms with E-state index >= 15 is 0 Å². The summed E-state index contributed by atoms with van der Waals surface area (Å²) in [6.45, 7) is 6.31. The Bertz CT molecular complexity index is 1120. The van der Waals surface area contributed by atoms with Crippen LogP contribution in [0.4, 0.5) is 5.69 Å². The SMILES string of the molecule is COc1ccc(-c2ccc(/C=N\NC(=O)c3ccc(C(C)(C)C)cc3)o2)c([N+](=O)[O-])c1. The largest absolute Gasteiger partial charge is 0.497 e. The third-order valence-electron chi connectivity index (χ3n) is 4.66. The number of hydrogen-bond donors (Lipinski definition) is 1. The van der Waals surface area contributed by atoms with E-state index in [2.05, 4.69) is 31.3 Å². The van der Waals surface area contributed by atoms with E-state index in [0.29, 0.717) is 28.4 Å². The van der Waals surface area contributed by atoms with Crippen LogP contribution < -0.4 is 10.2 Å². The van der Waals surface area contributed by atoms with Gasteiger partial charge in [-0.3, -0.25) is 14.9 Å². The molecule has 2 aromatic carbocycles. The van der Waals surface area contributed by atoms with Crippen molar-refractivity contribution >= 4 is 17.8 Å². The Balaban J connectivity index is 1.70. The molecule has 0 bridgehead atoms. The number of hydrazone groups is 1. The van der Waals surface area contributed by atoms with Gasteiger partial charge in [0.2, 0.25) is 0 Å². The lowest BCUT2D eigenvalue weighted by atomic mass is 9.87. The third kappa shape index (κ3) is 5.16. The highest BCUT2D eigenvalue weighted by Gasteiger charge is 2.19. The van der Waals surface area contributed by atoms with Gasteiger partial charge in [-0.05, 0) is 47.4 Å². The predicted molar refractivity (Wildman–Crippen MR) is 118 cm³/mol. The lowest BCUT2D eigenvalue weighted by Gasteiger charge is -2.18. The van der Waals surface area contributed by atoms with Crippen LogP contribution in [0.5, 0.6) is 5.75 Å². The molecule has 1 amide bonds. The second-order valence-electron chi connectivity index (χ2n) is 7.87. The van der Waals surface area contributed by atoms with E-state index in [4.69, 9.17) is 9.15 Å². The molecule has 0 spiro atoms. The molecule has 0 unspecified atom stereocenters. The fraction of sp³-hybridized carbons (Fsp3) is 0.217. The van der Waals surface area contributed by atoms with E-state index in [0.717, 1.165) is 5.56 Å². The summed E-state index contributed by atoms with van der Waals surface area (Å²) < 4.78 is 10.7. The Morgan fingerprint density at radius 3 is 2.45 bits per heavy atom. The Hall–Kier alpha value is -3.94. The molecule has 0 aliphatic heterocycles. The van der Waals surface area contributed by atoms with Crippen LogP contribution in [0.2, 0.25) is 0 Å². The average molecular weight is 421 g/mol. The van der Waals surface area contributed by atoms with Crippen LogP contribution in [0.15, 0.2) is 64.1 Å². The molecule has 1 aromatic heterocycles. The molecule has 0 saturated carbocycles. The standard InChI is InChI=1S/C23H23N3O5/c1-23(2,3)16-7-5-15(6-8-16)22(27)25-24-14-18-10-12-21(31-18)19-11-9-17(30-4)13-20(19)26(28)29/h5-14H,1-4H3,(H,25,27)/b24-14-. The minimum atomic E-state index is -0.501. The van der Waals surface area contributed by atoms with Crippen LogP contribution in [-0.2, 0) is 5.41 Å². The van der Waals surface area contributed by atoms with Gasteiger partial charge in [0.25, 0.3) is 11.6 Å². The zero-order valence-corrected chi connectivity index (χ0v) is 17.7. The topological polar surface area (TPSA) is 107 Å². The summed E-state index contributed by atoms with van der Waals surface area (Å²) in [5.74, 6) is 0.666. The molecule has 0 saturated heterocycles. The highest BCUT2D eigenvalue weighted by atomic mass is 16.6. The highest BCUT2D eigenvalue weighted by Crippen LogP contribution is 2.33. The summed E-state index contributed by atoms with van der Waals surface area (Å²) >= 11 is 0. The average Bonchev–Trinajstić information content (AvgIpc) is 3.21. The first-order valence-electron chi connectivity index (χ1n) is 9.55. The molecule has 160 valence electrons. The Labute approximate surface area is 179 Å². The number of rotatable bonds is 6. The van der Waals surface area contributed by atoms with E-state index in [-0.39, 0.29) is 17.0 Å². The van der Waals surface area contributed by atoms with Gasteiger partial charge in [0, 0.05) is 5.56 Å². The first kappa shape index (κ1) is 21.8. The number of nitro benzene ring substituents is 1. The van der Waals surface area contributed by atoms with Crippen molar-refractivity contribution in [3.05, 3.63) is 81.6 Å². The van der Waals surface area contributed by atoms with Crippen molar-refractivity contribution in [2.45, 2.75) is 26.2 Å². The van der Waals surface area contributed by atoms with Gasteiger partial charge in [-0.2, -0.15) is 5.10 Å². The summed E-state index contributed by atoms with van der Waals surface area (Å²) in [7, 11) is 1.44. The lowest BCUT2D eigenvalue weighted by molar-refractivity contribution is -0.384. The van der Waals surface area contributed by atoms with Crippen LogP contribution >= 0.6 is 0 Å². The van der Waals surface area contributed by atoms with Crippen molar-refractivity contribution in [2.75, 3.05) is 7.11 Å². The van der Waals surface area contributed by atoms with Crippen molar-refractivity contribution < 1.29 is 18.9 Å². The number of carbonyl (C=O) groups excluding carboxylic acids is 1. The molecule has 0 radical (unpaired) electrons. The third-order valence-corrected chi connectivity index (χ3v) is 4.66. The Morgan fingerprint density at radius 1 is 1.13 bits per heavy atom. The van der Waals surface area contributed by atoms with E-state index in [9.17, 15) is 14.9 Å². The van der Waals surface area contributed by atoms with Gasteiger partial charge < -0.3 is 9.15 Å². The number of ether oxygens (including phenoxy) is 1. The van der Waals surface area contributed by atoms with Crippen LogP contribution in [0.3, 0.4) is 0 Å². The number of carbonyl (C=O) groups is 1. The molecule has 3 aromatic rings. The minimum Gasteiger partial charge on any atom is -0.497 e. The predicted octanol–water partition coefficient (Wildman–Crippen LogP) is 4.92. The number of nitrogens with zero attached hydrogens (tertiary/aromatic N) is 2. The quantitative estimate of drug-likeness (QED) is 0.345. The summed E-state index contributed by atoms with van der Waals surface area (Å²) in [5, 5.41) is 15.3. The molecule has 0 fully saturated rings. The summed E-state index contributed by atoms with van der Waals surface area (Å²) in [5.41, 5.74) is 4.24. The van der Waals surface area contributed by atoms with E-state index < -0.39 is 4.92 Å². The highest BCUT2D eigenvalue weighted by molar-refractivity contribution is 5.94. The fourth-order valence-electron chi connectivity index (χ4n) is 2.91. The number of methoxy groups -OCH3 is 1. The Kier molecular flexibility index (Phi) is 6.20. The first-order valence-corrected chi connectivity index (χ1v) is 9.55. The number of hydrogen-bond acceptors (Lipinski definition) is 6. The van der Waals surface area contributed by atoms with Gasteiger partial charge >= 0.3 is 0 Å². The zero-order valence-electron chi connectivity index (χ0n) is 17.7. The molecule has 31 heavy (non-hydrogen) atoms. The van der Waals surface area contributed by atoms with Gasteiger partial charge in [0.05, 0.1) is 29.9 Å². The molecule has 1 N–H and O–H groups in total. The number of nitro groups is 1. The van der Waals surface area contributed by atoms with Crippen LogP contribution in [0.1, 0.15) is 42.5 Å². The molecule has 8 nitrogen and oxygen atoms in total. The first-order chi connectivity index (χ1) is 14.7. The van der Waals surface area contributed by atoms with Crippen molar-refractivity contribution in [3.8, 4) is 17.1 Å². The minimum absolute atomic E-state index is 0.00309. The van der Waals surface area contributed by atoms with Crippen molar-refractivity contribution in [3.63, 3.8) is 0 Å². The van der Waals surface area contributed by atoms with Crippen LogP contribution in [-0.4, -0.2) is 24.2 Å². The summed E-state index contributed by atoms with van der Waals surface area (Å²) in [4.78, 5) is 23.1. The van der Waals surface area contributed by atoms with Crippen LogP contribution in [0, 0.1) is 10.1 Å². The smallest absolute Gasteiger partial charge is 0.284 e. The van der Waals surface area contributed by atoms with Gasteiger partial charge in [-0.1, -0.05) is 32.9 Å². The number of nitrogens with one attached hydrogen (secondary N) is 1. The monoisotopic (exact) mass is 421 g/mol. The normalized spacial score (nSPS) is 11.5. The molecular formula is C23H23N3O5. The van der Waals surface area contributed by atoms with Gasteiger partial charge in [-0.25, -0.2) is 5.43 Å². The molecule has 1 heterocycles. The summed E-state index contributed by atoms with van der Waals surface area (Å²) in [6.07, 6.45) is 1.33. The molecule has 8 heteroatoms. The van der Waals surface area contributed by atoms with Gasteiger partial charge in [0.1, 0.15) is 17.3 Å². The van der Waals surface area contributed by atoms with Crippen molar-refractivity contribution in [1.29, 1.82) is 0 Å². The van der Waals surface area contributed by atoms with E-state index in [1.54, 1.807) is 36.4 Å². The summed E-state index contributed by atoms with van der Waals surface area (Å²) in [6, 6.07) is 15.0. The van der Waals surface area contributed by atoms with Crippen molar-refractivity contribution in [1.82, 2.24) is 5.43 Å². The van der Waals surface area contributed by atoms with E-state index in [1.807, 2.05) is 12.1 Å². The van der Waals surface area contributed by atoms with Crippen LogP contribution in [0.25, 0.3) is 11.3 Å². The molecule has 0 atom stereocenters. The van der Waals surface area contributed by atoms with E-state index in [1.165, 1.54) is 19.4 Å². The molecular weight excluding hydrogens is 398 g/mol.